The summed E-state index contributed by atoms with van der Waals surface area (Å²) in [5, 5.41) is 11.2. The summed E-state index contributed by atoms with van der Waals surface area (Å²) in [7, 11) is 4.66. The van der Waals surface area contributed by atoms with Gasteiger partial charge in [-0.25, -0.2) is 0 Å². The monoisotopic (exact) mass is 308 g/mol. The maximum Gasteiger partial charge on any atom is 0.128 e. The van der Waals surface area contributed by atoms with E-state index in [4.69, 9.17) is 25.8 Å². The minimum atomic E-state index is -0.917. The number of hydrogen-bond acceptors (Lipinski definition) is 4. The fraction of sp³-hybridized carbons (Fsp3) is 0.250. The third-order valence-corrected chi connectivity index (χ3v) is 3.46. The van der Waals surface area contributed by atoms with Crippen LogP contribution < -0.4 is 14.2 Å². The first-order valence-electron chi connectivity index (χ1n) is 6.34. The van der Waals surface area contributed by atoms with Crippen molar-refractivity contribution in [2.75, 3.05) is 21.3 Å². The summed E-state index contributed by atoms with van der Waals surface area (Å²) in [5.74, 6) is 1.74. The van der Waals surface area contributed by atoms with E-state index in [0.717, 1.165) is 0 Å². The van der Waals surface area contributed by atoms with Crippen molar-refractivity contribution in [2.45, 2.75) is 6.10 Å². The Balaban J connectivity index is 2.49. The molecule has 5 heteroatoms. The number of aliphatic hydroxyl groups excluding tert-OH is 1. The zero-order chi connectivity index (χ0) is 15.4. The molecule has 2 rings (SSSR count). The van der Waals surface area contributed by atoms with E-state index in [-0.39, 0.29) is 0 Å². The molecule has 0 saturated carbocycles. The molecule has 0 radical (unpaired) electrons. The van der Waals surface area contributed by atoms with E-state index in [1.54, 1.807) is 57.7 Å². The Labute approximate surface area is 128 Å². The van der Waals surface area contributed by atoms with Crippen LogP contribution in [-0.2, 0) is 0 Å². The normalized spacial score (nSPS) is 11.9. The fourth-order valence-electron chi connectivity index (χ4n) is 2.13. The van der Waals surface area contributed by atoms with Crippen molar-refractivity contribution < 1.29 is 19.3 Å². The Morgan fingerprint density at radius 2 is 1.57 bits per heavy atom. The van der Waals surface area contributed by atoms with Crippen LogP contribution in [0.4, 0.5) is 0 Å². The standard InChI is InChI=1S/C16H17ClO4/c1-19-11-5-6-12(15(9-11)21-3)16(18)13-8-10(17)4-7-14(13)20-2/h4-9,16,18H,1-3H3. The molecule has 0 amide bonds. The summed E-state index contributed by atoms with van der Waals surface area (Å²) in [5.41, 5.74) is 1.19. The van der Waals surface area contributed by atoms with Gasteiger partial charge in [0.15, 0.2) is 0 Å². The van der Waals surface area contributed by atoms with Crippen molar-refractivity contribution in [1.29, 1.82) is 0 Å². The molecular formula is C16H17ClO4. The molecule has 0 aromatic heterocycles. The Morgan fingerprint density at radius 3 is 2.19 bits per heavy atom. The number of methoxy groups -OCH3 is 3. The molecule has 0 aliphatic carbocycles. The molecule has 0 heterocycles. The van der Waals surface area contributed by atoms with E-state index in [1.807, 2.05) is 0 Å². The van der Waals surface area contributed by atoms with Crippen LogP contribution in [0.25, 0.3) is 0 Å². The number of benzene rings is 2. The van der Waals surface area contributed by atoms with Crippen LogP contribution in [-0.4, -0.2) is 26.4 Å². The molecule has 0 bridgehead atoms. The highest BCUT2D eigenvalue weighted by atomic mass is 35.5. The van der Waals surface area contributed by atoms with Gasteiger partial charge < -0.3 is 19.3 Å². The number of rotatable bonds is 5. The molecule has 4 nitrogen and oxygen atoms in total. The highest BCUT2D eigenvalue weighted by Crippen LogP contribution is 2.37. The first-order chi connectivity index (χ1) is 10.1. The van der Waals surface area contributed by atoms with Crippen molar-refractivity contribution in [1.82, 2.24) is 0 Å². The van der Waals surface area contributed by atoms with Gasteiger partial charge in [0.2, 0.25) is 0 Å². The summed E-state index contributed by atoms with van der Waals surface area (Å²) < 4.78 is 15.8. The molecule has 1 atom stereocenters. The second kappa shape index (κ2) is 6.70. The van der Waals surface area contributed by atoms with E-state index < -0.39 is 6.10 Å². The lowest BCUT2D eigenvalue weighted by atomic mass is 9.99. The van der Waals surface area contributed by atoms with E-state index in [2.05, 4.69) is 0 Å². The summed E-state index contributed by atoms with van der Waals surface area (Å²) in [6.07, 6.45) is -0.917. The Kier molecular flexibility index (Phi) is 4.94. The highest BCUT2D eigenvalue weighted by Gasteiger charge is 2.20. The summed E-state index contributed by atoms with van der Waals surface area (Å²) in [6, 6.07) is 10.3. The summed E-state index contributed by atoms with van der Waals surface area (Å²) >= 11 is 6.01. The molecule has 0 spiro atoms. The Morgan fingerprint density at radius 1 is 0.857 bits per heavy atom. The SMILES string of the molecule is COc1ccc(C(O)c2cc(Cl)ccc2OC)c(OC)c1. The van der Waals surface area contributed by atoms with Gasteiger partial charge in [0.25, 0.3) is 0 Å². The lowest BCUT2D eigenvalue weighted by Crippen LogP contribution is -2.05. The smallest absolute Gasteiger partial charge is 0.128 e. The Bertz CT molecular complexity index is 628. The number of ether oxygens (including phenoxy) is 3. The summed E-state index contributed by atoms with van der Waals surface area (Å²) in [6.45, 7) is 0. The van der Waals surface area contributed by atoms with Gasteiger partial charge in [-0.3, -0.25) is 0 Å². The van der Waals surface area contributed by atoms with Crippen molar-refractivity contribution >= 4 is 11.6 Å². The van der Waals surface area contributed by atoms with E-state index in [9.17, 15) is 5.11 Å². The number of aliphatic hydroxyl groups is 1. The van der Waals surface area contributed by atoms with Crippen molar-refractivity contribution in [3.05, 3.63) is 52.5 Å². The molecule has 1 unspecified atom stereocenters. The molecule has 2 aromatic rings. The predicted octanol–water partition coefficient (Wildman–Crippen LogP) is 3.45. The van der Waals surface area contributed by atoms with Gasteiger partial charge in [0, 0.05) is 22.2 Å². The van der Waals surface area contributed by atoms with Gasteiger partial charge in [-0.05, 0) is 30.3 Å². The molecule has 21 heavy (non-hydrogen) atoms. The third-order valence-electron chi connectivity index (χ3n) is 3.22. The second-order valence-electron chi connectivity index (χ2n) is 4.40. The minimum Gasteiger partial charge on any atom is -0.497 e. The van der Waals surface area contributed by atoms with Crippen LogP contribution in [0.2, 0.25) is 5.02 Å². The molecule has 1 N–H and O–H groups in total. The van der Waals surface area contributed by atoms with Gasteiger partial charge in [-0.2, -0.15) is 0 Å². The van der Waals surface area contributed by atoms with Crippen LogP contribution in [0.5, 0.6) is 17.2 Å². The first kappa shape index (κ1) is 15.5. The first-order valence-corrected chi connectivity index (χ1v) is 6.72. The van der Waals surface area contributed by atoms with Crippen LogP contribution in [0.1, 0.15) is 17.2 Å². The fourth-order valence-corrected chi connectivity index (χ4v) is 2.31. The van der Waals surface area contributed by atoms with Gasteiger partial charge >= 0.3 is 0 Å². The second-order valence-corrected chi connectivity index (χ2v) is 4.83. The molecule has 2 aromatic carbocycles. The molecule has 0 saturated heterocycles. The van der Waals surface area contributed by atoms with Gasteiger partial charge in [-0.15, -0.1) is 0 Å². The van der Waals surface area contributed by atoms with Crippen LogP contribution in [0.3, 0.4) is 0 Å². The maximum absolute atomic E-state index is 10.6. The topological polar surface area (TPSA) is 47.9 Å². The van der Waals surface area contributed by atoms with Gasteiger partial charge in [0.1, 0.15) is 23.4 Å². The summed E-state index contributed by atoms with van der Waals surface area (Å²) in [4.78, 5) is 0. The lowest BCUT2D eigenvalue weighted by molar-refractivity contribution is 0.209. The number of hydrogen-bond donors (Lipinski definition) is 1. The maximum atomic E-state index is 10.6. The Hall–Kier alpha value is -1.91. The van der Waals surface area contributed by atoms with E-state index in [0.29, 0.717) is 33.4 Å². The zero-order valence-electron chi connectivity index (χ0n) is 12.1. The van der Waals surface area contributed by atoms with E-state index in [1.165, 1.54) is 0 Å². The third kappa shape index (κ3) is 3.23. The average molecular weight is 309 g/mol. The van der Waals surface area contributed by atoms with Crippen molar-refractivity contribution in [3.8, 4) is 17.2 Å². The quantitative estimate of drug-likeness (QED) is 0.919. The molecule has 0 aliphatic rings. The molecule has 112 valence electrons. The highest BCUT2D eigenvalue weighted by molar-refractivity contribution is 6.30. The number of halogens is 1. The van der Waals surface area contributed by atoms with Crippen molar-refractivity contribution in [3.63, 3.8) is 0 Å². The lowest BCUT2D eigenvalue weighted by Gasteiger charge is -2.18. The molecular weight excluding hydrogens is 292 g/mol. The minimum absolute atomic E-state index is 0.525. The zero-order valence-corrected chi connectivity index (χ0v) is 12.8. The van der Waals surface area contributed by atoms with Gasteiger partial charge in [0.05, 0.1) is 21.3 Å². The largest absolute Gasteiger partial charge is 0.497 e. The van der Waals surface area contributed by atoms with Crippen LogP contribution in [0, 0.1) is 0 Å². The predicted molar refractivity (Wildman–Crippen MR) is 81.6 cm³/mol. The van der Waals surface area contributed by atoms with Gasteiger partial charge in [-0.1, -0.05) is 11.6 Å². The molecule has 0 aliphatic heterocycles. The molecule has 0 fully saturated rings. The van der Waals surface area contributed by atoms with Crippen LogP contribution in [0.15, 0.2) is 36.4 Å². The van der Waals surface area contributed by atoms with Crippen LogP contribution >= 0.6 is 11.6 Å². The van der Waals surface area contributed by atoms with Crippen molar-refractivity contribution in [2.24, 2.45) is 0 Å². The van der Waals surface area contributed by atoms with E-state index >= 15 is 0 Å². The average Bonchev–Trinajstić information content (AvgIpc) is 2.53.